The summed E-state index contributed by atoms with van der Waals surface area (Å²) in [6, 6.07) is 0. The highest BCUT2D eigenvalue weighted by Gasteiger charge is 2.22. The Morgan fingerprint density at radius 1 is 0.542 bits per heavy atom. The van der Waals surface area contributed by atoms with Crippen LogP contribution >= 0.6 is 7.82 Å². The van der Waals surface area contributed by atoms with E-state index in [2.05, 4.69) is 54.8 Å². The first-order valence-corrected chi connectivity index (χ1v) is 20.8. The van der Waals surface area contributed by atoms with Crippen molar-refractivity contribution in [1.82, 2.24) is 0 Å². The van der Waals surface area contributed by atoms with Crippen LogP contribution in [0.5, 0.6) is 0 Å². The van der Waals surface area contributed by atoms with E-state index in [1.807, 2.05) is 0 Å². The fourth-order valence-electron chi connectivity index (χ4n) is 5.22. The molecule has 0 unspecified atom stereocenters. The van der Waals surface area contributed by atoms with Crippen LogP contribution in [-0.4, -0.2) is 41.0 Å². The van der Waals surface area contributed by atoms with Gasteiger partial charge in [0.05, 0.1) is 6.61 Å². The zero-order valence-corrected chi connectivity index (χ0v) is 31.5. The average Bonchev–Trinajstić information content (AvgIpc) is 3.05. The first-order chi connectivity index (χ1) is 23.3. The predicted octanol–water partition coefficient (Wildman–Crippen LogP) is 11.4. The van der Waals surface area contributed by atoms with Crippen molar-refractivity contribution in [2.45, 2.75) is 187 Å². The molecule has 0 aliphatic carbocycles. The second-order valence-corrected chi connectivity index (χ2v) is 14.1. The van der Waals surface area contributed by atoms with Crippen LogP contribution in [0.1, 0.15) is 181 Å². The zero-order chi connectivity index (χ0) is 35.4. The Balaban J connectivity index is 4.03. The molecule has 1 atom stereocenters. The molecule has 0 heterocycles. The largest absolute Gasteiger partial charge is 0.469 e. The third-order valence-corrected chi connectivity index (χ3v) is 8.62. The molecular weight excluding hydrogens is 627 g/mol. The Hall–Kier alpha value is -1.73. The van der Waals surface area contributed by atoms with Crippen molar-refractivity contribution in [2.24, 2.45) is 0 Å². The van der Waals surface area contributed by atoms with Crippen LogP contribution in [0, 0.1) is 0 Å². The number of rotatable bonds is 35. The SMILES string of the molecule is CCCCCCCC/C=C/C/C=C/CCCCC(=O)OC[C@H](COP(=O)(O)O)OC(=O)CCCCCCC/C=C/CCCCCCCC. The van der Waals surface area contributed by atoms with Crippen LogP contribution in [-0.2, 0) is 28.2 Å². The second kappa shape index (κ2) is 35.1. The van der Waals surface area contributed by atoms with Crippen molar-refractivity contribution in [2.75, 3.05) is 13.2 Å². The summed E-state index contributed by atoms with van der Waals surface area (Å²) in [5.41, 5.74) is 0. The Bertz CT molecular complexity index is 879. The van der Waals surface area contributed by atoms with Crippen molar-refractivity contribution < 1.29 is 37.9 Å². The lowest BCUT2D eigenvalue weighted by Gasteiger charge is -2.18. The molecule has 0 amide bonds. The summed E-state index contributed by atoms with van der Waals surface area (Å²) >= 11 is 0. The number of ether oxygens (including phenoxy) is 2. The lowest BCUT2D eigenvalue weighted by atomic mass is 10.1. The molecule has 0 radical (unpaired) electrons. The number of hydrogen-bond acceptors (Lipinski definition) is 6. The van der Waals surface area contributed by atoms with Gasteiger partial charge in [-0.1, -0.05) is 134 Å². The minimum absolute atomic E-state index is 0.195. The van der Waals surface area contributed by atoms with Crippen molar-refractivity contribution in [3.05, 3.63) is 36.5 Å². The maximum Gasteiger partial charge on any atom is 0.469 e. The van der Waals surface area contributed by atoms with E-state index in [0.717, 1.165) is 57.8 Å². The van der Waals surface area contributed by atoms with Crippen LogP contribution in [0.25, 0.3) is 0 Å². The number of phosphoric acid groups is 1. The summed E-state index contributed by atoms with van der Waals surface area (Å²) in [6.07, 6.45) is 40.1. The van der Waals surface area contributed by atoms with Crippen molar-refractivity contribution in [1.29, 1.82) is 0 Å². The minimum atomic E-state index is -4.76. The number of esters is 2. The zero-order valence-electron chi connectivity index (χ0n) is 30.6. The normalized spacial score (nSPS) is 12.8. The number of allylic oxidation sites excluding steroid dienone is 6. The van der Waals surface area contributed by atoms with Gasteiger partial charge < -0.3 is 19.3 Å². The van der Waals surface area contributed by atoms with Gasteiger partial charge in [-0.25, -0.2) is 4.57 Å². The highest BCUT2D eigenvalue weighted by atomic mass is 31.2. The standard InChI is InChI=1S/C39H71O8P/c1-3-5-7-9-11-13-15-17-19-21-23-25-27-29-31-33-38(40)45-35-37(36-46-48(42,43)44)47-39(41)34-32-30-28-26-24-22-20-18-16-14-12-10-8-6-4-2/h17-20,23,25,37H,3-16,21-22,24,26-36H2,1-2H3,(H2,42,43,44)/b19-17+,20-18+,25-23+/t37-/m1/s1. The number of carbonyl (C=O) groups is 2. The summed E-state index contributed by atoms with van der Waals surface area (Å²) in [4.78, 5) is 42.7. The molecule has 8 nitrogen and oxygen atoms in total. The average molecular weight is 699 g/mol. The lowest BCUT2D eigenvalue weighted by molar-refractivity contribution is -0.161. The minimum Gasteiger partial charge on any atom is -0.462 e. The molecule has 0 aromatic rings. The van der Waals surface area contributed by atoms with Gasteiger partial charge >= 0.3 is 19.8 Å². The molecule has 2 N–H and O–H groups in total. The first-order valence-electron chi connectivity index (χ1n) is 19.3. The fourth-order valence-corrected chi connectivity index (χ4v) is 5.58. The van der Waals surface area contributed by atoms with E-state index in [0.29, 0.717) is 12.8 Å². The molecule has 0 saturated carbocycles. The van der Waals surface area contributed by atoms with Gasteiger partial charge in [0.25, 0.3) is 0 Å². The van der Waals surface area contributed by atoms with Crippen LogP contribution in [0.15, 0.2) is 36.5 Å². The first kappa shape index (κ1) is 46.3. The molecule has 0 aromatic heterocycles. The molecule has 9 heteroatoms. The Labute approximate surface area is 293 Å². The van der Waals surface area contributed by atoms with Gasteiger partial charge in [-0.05, 0) is 70.6 Å². The van der Waals surface area contributed by atoms with Gasteiger partial charge in [-0.3, -0.25) is 14.1 Å². The summed E-state index contributed by atoms with van der Waals surface area (Å²) < 4.78 is 26.3. The van der Waals surface area contributed by atoms with E-state index in [1.165, 1.54) is 83.5 Å². The molecule has 0 aromatic carbocycles. The number of unbranched alkanes of at least 4 members (excludes halogenated alkanes) is 19. The topological polar surface area (TPSA) is 119 Å². The van der Waals surface area contributed by atoms with Crippen LogP contribution in [0.2, 0.25) is 0 Å². The van der Waals surface area contributed by atoms with Crippen LogP contribution in [0.4, 0.5) is 0 Å². The maximum absolute atomic E-state index is 12.4. The van der Waals surface area contributed by atoms with Crippen LogP contribution in [0.3, 0.4) is 0 Å². The fraction of sp³-hybridized carbons (Fsp3) is 0.795. The molecule has 0 bridgehead atoms. The number of hydrogen-bond donors (Lipinski definition) is 2. The number of phosphoric ester groups is 1. The lowest BCUT2D eigenvalue weighted by Crippen LogP contribution is -2.29. The summed E-state index contributed by atoms with van der Waals surface area (Å²) in [6.45, 7) is 3.63. The molecule has 0 saturated heterocycles. The molecular formula is C39H71O8P. The van der Waals surface area contributed by atoms with Gasteiger partial charge in [-0.2, -0.15) is 0 Å². The van der Waals surface area contributed by atoms with Crippen molar-refractivity contribution in [3.8, 4) is 0 Å². The highest BCUT2D eigenvalue weighted by molar-refractivity contribution is 7.46. The summed E-state index contributed by atoms with van der Waals surface area (Å²) in [5, 5.41) is 0. The quantitative estimate of drug-likeness (QED) is 0.0290. The van der Waals surface area contributed by atoms with Gasteiger partial charge in [0, 0.05) is 12.8 Å². The second-order valence-electron chi connectivity index (χ2n) is 12.9. The molecule has 280 valence electrons. The van der Waals surface area contributed by atoms with Crippen molar-refractivity contribution in [3.63, 3.8) is 0 Å². The van der Waals surface area contributed by atoms with E-state index in [1.54, 1.807) is 0 Å². The monoisotopic (exact) mass is 698 g/mol. The molecule has 0 aliphatic heterocycles. The molecule has 48 heavy (non-hydrogen) atoms. The van der Waals surface area contributed by atoms with E-state index in [9.17, 15) is 14.2 Å². The molecule has 0 aliphatic rings. The third-order valence-electron chi connectivity index (χ3n) is 8.13. The highest BCUT2D eigenvalue weighted by Crippen LogP contribution is 2.36. The third kappa shape index (κ3) is 37.1. The number of carbonyl (C=O) groups excluding carboxylic acids is 2. The van der Waals surface area contributed by atoms with E-state index < -0.39 is 32.5 Å². The maximum atomic E-state index is 12.4. The van der Waals surface area contributed by atoms with Crippen LogP contribution < -0.4 is 0 Å². The van der Waals surface area contributed by atoms with E-state index in [4.69, 9.17) is 19.3 Å². The van der Waals surface area contributed by atoms with Gasteiger partial charge in [0.15, 0.2) is 6.10 Å². The molecule has 0 spiro atoms. The van der Waals surface area contributed by atoms with E-state index >= 15 is 0 Å². The summed E-state index contributed by atoms with van der Waals surface area (Å²) in [7, 11) is -4.76. The molecule has 0 rings (SSSR count). The predicted molar refractivity (Wildman–Crippen MR) is 198 cm³/mol. The smallest absolute Gasteiger partial charge is 0.462 e. The van der Waals surface area contributed by atoms with Gasteiger partial charge in [0.2, 0.25) is 0 Å². The van der Waals surface area contributed by atoms with Gasteiger partial charge in [0.1, 0.15) is 6.61 Å². The van der Waals surface area contributed by atoms with Crippen molar-refractivity contribution >= 4 is 19.8 Å². The summed E-state index contributed by atoms with van der Waals surface area (Å²) in [5.74, 6) is -0.932. The Morgan fingerprint density at radius 3 is 1.44 bits per heavy atom. The Kier molecular flexibility index (Phi) is 33.8. The molecule has 0 fully saturated rings. The van der Waals surface area contributed by atoms with E-state index in [-0.39, 0.29) is 19.4 Å². The van der Waals surface area contributed by atoms with Gasteiger partial charge in [-0.15, -0.1) is 0 Å². The Morgan fingerprint density at radius 2 is 0.938 bits per heavy atom.